The molecule has 0 amide bonds. The Hall–Kier alpha value is -3.20. The summed E-state index contributed by atoms with van der Waals surface area (Å²) in [5.74, 6) is 0.187. The van der Waals surface area contributed by atoms with Gasteiger partial charge in [0, 0.05) is 12.4 Å². The largest absolute Gasteiger partial charge is 0.423 e. The van der Waals surface area contributed by atoms with Crippen LogP contribution in [0.15, 0.2) is 67.0 Å². The fraction of sp³-hybridized carbons (Fsp3) is 0.0909. The number of carbonyl (C=O) groups excluding carboxylic acids is 1. The van der Waals surface area contributed by atoms with E-state index in [9.17, 15) is 4.79 Å². The normalized spacial score (nSPS) is 10.8. The zero-order chi connectivity index (χ0) is 17.6. The van der Waals surface area contributed by atoms with Gasteiger partial charge in [0.1, 0.15) is 5.75 Å². The van der Waals surface area contributed by atoms with Crippen molar-refractivity contribution in [2.24, 2.45) is 0 Å². The number of ether oxygens (including phenoxy) is 1. The van der Waals surface area contributed by atoms with Crippen molar-refractivity contribution in [1.29, 1.82) is 0 Å². The number of esters is 1. The van der Waals surface area contributed by atoms with Crippen LogP contribution >= 0.6 is 0 Å². The Kier molecular flexibility index (Phi) is 5.05. The first kappa shape index (κ1) is 16.7. The lowest BCUT2D eigenvalue weighted by molar-refractivity contribution is 0.0734. The SMILES string of the molecule is Cc1ccc(C(=O)Oc2ccc(/C=C/c3ccncc3)cc2)cc1C. The van der Waals surface area contributed by atoms with Crippen LogP contribution in [0.5, 0.6) is 5.75 Å². The predicted octanol–water partition coefficient (Wildman–Crippen LogP) is 5.09. The Morgan fingerprint density at radius 2 is 1.48 bits per heavy atom. The van der Waals surface area contributed by atoms with E-state index >= 15 is 0 Å². The first-order valence-electron chi connectivity index (χ1n) is 8.09. The molecule has 0 radical (unpaired) electrons. The molecular weight excluding hydrogens is 310 g/mol. The van der Waals surface area contributed by atoms with Gasteiger partial charge in [-0.2, -0.15) is 0 Å². The van der Waals surface area contributed by atoms with Crippen LogP contribution < -0.4 is 4.74 Å². The third-order valence-electron chi connectivity index (χ3n) is 4.01. The van der Waals surface area contributed by atoms with E-state index in [0.29, 0.717) is 11.3 Å². The number of carbonyl (C=O) groups is 1. The molecule has 1 aromatic heterocycles. The van der Waals surface area contributed by atoms with E-state index in [-0.39, 0.29) is 5.97 Å². The summed E-state index contributed by atoms with van der Waals surface area (Å²) in [7, 11) is 0. The predicted molar refractivity (Wildman–Crippen MR) is 100 cm³/mol. The number of aryl methyl sites for hydroxylation is 2. The number of nitrogens with zero attached hydrogens (tertiary/aromatic N) is 1. The van der Waals surface area contributed by atoms with Crippen molar-refractivity contribution < 1.29 is 9.53 Å². The van der Waals surface area contributed by atoms with Crippen molar-refractivity contribution in [1.82, 2.24) is 4.98 Å². The molecule has 0 atom stereocenters. The van der Waals surface area contributed by atoms with E-state index in [2.05, 4.69) is 4.98 Å². The molecule has 124 valence electrons. The maximum absolute atomic E-state index is 12.2. The summed E-state index contributed by atoms with van der Waals surface area (Å²) in [5, 5.41) is 0. The molecule has 3 rings (SSSR count). The molecule has 3 aromatic rings. The van der Waals surface area contributed by atoms with Gasteiger partial charge in [-0.15, -0.1) is 0 Å². The molecule has 0 aliphatic heterocycles. The average molecular weight is 329 g/mol. The molecule has 0 aliphatic carbocycles. The average Bonchev–Trinajstić information content (AvgIpc) is 2.64. The van der Waals surface area contributed by atoms with Crippen LogP contribution in [0.2, 0.25) is 0 Å². The second-order valence-electron chi connectivity index (χ2n) is 5.87. The zero-order valence-electron chi connectivity index (χ0n) is 14.3. The van der Waals surface area contributed by atoms with Gasteiger partial charge in [-0.25, -0.2) is 4.79 Å². The quantitative estimate of drug-likeness (QED) is 0.494. The highest BCUT2D eigenvalue weighted by Crippen LogP contribution is 2.17. The highest BCUT2D eigenvalue weighted by atomic mass is 16.5. The van der Waals surface area contributed by atoms with Crippen molar-refractivity contribution >= 4 is 18.1 Å². The number of pyridine rings is 1. The van der Waals surface area contributed by atoms with Crippen molar-refractivity contribution in [2.45, 2.75) is 13.8 Å². The fourth-order valence-corrected chi connectivity index (χ4v) is 2.35. The fourth-order valence-electron chi connectivity index (χ4n) is 2.35. The maximum Gasteiger partial charge on any atom is 0.343 e. The van der Waals surface area contributed by atoms with Crippen molar-refractivity contribution in [3.05, 3.63) is 94.8 Å². The minimum atomic E-state index is -0.344. The van der Waals surface area contributed by atoms with Crippen LogP contribution in [0, 0.1) is 13.8 Å². The summed E-state index contributed by atoms with van der Waals surface area (Å²) in [5.41, 5.74) is 4.90. The first-order chi connectivity index (χ1) is 12.1. The summed E-state index contributed by atoms with van der Waals surface area (Å²) in [4.78, 5) is 16.2. The van der Waals surface area contributed by atoms with Crippen molar-refractivity contribution in [2.75, 3.05) is 0 Å². The first-order valence-corrected chi connectivity index (χ1v) is 8.09. The van der Waals surface area contributed by atoms with E-state index in [1.807, 2.05) is 62.4 Å². The van der Waals surface area contributed by atoms with E-state index in [0.717, 1.165) is 22.3 Å². The second kappa shape index (κ2) is 7.58. The molecule has 2 aromatic carbocycles. The third kappa shape index (κ3) is 4.42. The molecule has 0 saturated carbocycles. The van der Waals surface area contributed by atoms with Gasteiger partial charge < -0.3 is 4.74 Å². The lowest BCUT2D eigenvalue weighted by Crippen LogP contribution is -2.08. The molecule has 25 heavy (non-hydrogen) atoms. The van der Waals surface area contributed by atoms with E-state index in [1.54, 1.807) is 30.6 Å². The molecule has 3 nitrogen and oxygen atoms in total. The second-order valence-corrected chi connectivity index (χ2v) is 5.87. The van der Waals surface area contributed by atoms with E-state index in [4.69, 9.17) is 4.74 Å². The maximum atomic E-state index is 12.2. The lowest BCUT2D eigenvalue weighted by atomic mass is 10.1. The van der Waals surface area contributed by atoms with E-state index < -0.39 is 0 Å². The Morgan fingerprint density at radius 3 is 2.12 bits per heavy atom. The molecule has 0 bridgehead atoms. The number of hydrogen-bond acceptors (Lipinski definition) is 3. The van der Waals surface area contributed by atoms with E-state index in [1.165, 1.54) is 0 Å². The molecule has 0 spiro atoms. The molecule has 0 saturated heterocycles. The Labute approximate surface area is 147 Å². The molecule has 0 N–H and O–H groups in total. The molecule has 1 heterocycles. The van der Waals surface area contributed by atoms with Crippen LogP contribution in [0.1, 0.15) is 32.6 Å². The van der Waals surface area contributed by atoms with Gasteiger partial charge in [0.2, 0.25) is 0 Å². The minimum absolute atomic E-state index is 0.344. The number of benzene rings is 2. The summed E-state index contributed by atoms with van der Waals surface area (Å²) in [6.45, 7) is 4.00. The van der Waals surface area contributed by atoms with Gasteiger partial charge in [0.05, 0.1) is 5.56 Å². The monoisotopic (exact) mass is 329 g/mol. The van der Waals surface area contributed by atoms with Gasteiger partial charge >= 0.3 is 5.97 Å². The lowest BCUT2D eigenvalue weighted by Gasteiger charge is -2.06. The third-order valence-corrected chi connectivity index (χ3v) is 4.01. The standard InChI is InChI=1S/C22H19NO2/c1-16-3-8-20(15-17(16)2)22(24)25-21-9-6-18(7-10-21)4-5-19-11-13-23-14-12-19/h3-15H,1-2H3/b5-4+. The smallest absolute Gasteiger partial charge is 0.343 e. The van der Waals surface area contributed by atoms with Gasteiger partial charge in [0.15, 0.2) is 0 Å². The Balaban J connectivity index is 1.67. The van der Waals surface area contributed by atoms with Crippen LogP contribution in [0.3, 0.4) is 0 Å². The molecule has 0 unspecified atom stereocenters. The van der Waals surface area contributed by atoms with Crippen LogP contribution in [0.25, 0.3) is 12.2 Å². The van der Waals surface area contributed by atoms with Crippen LogP contribution in [-0.4, -0.2) is 11.0 Å². The molecular formula is C22H19NO2. The van der Waals surface area contributed by atoms with Crippen molar-refractivity contribution in [3.8, 4) is 5.75 Å². The van der Waals surface area contributed by atoms with Crippen LogP contribution in [-0.2, 0) is 0 Å². The van der Waals surface area contributed by atoms with Gasteiger partial charge in [-0.05, 0) is 72.5 Å². The Morgan fingerprint density at radius 1 is 0.840 bits per heavy atom. The number of hydrogen-bond donors (Lipinski definition) is 0. The molecule has 0 fully saturated rings. The highest BCUT2D eigenvalue weighted by molar-refractivity contribution is 5.91. The van der Waals surface area contributed by atoms with Gasteiger partial charge in [-0.1, -0.05) is 30.4 Å². The molecule has 0 aliphatic rings. The minimum Gasteiger partial charge on any atom is -0.423 e. The van der Waals surface area contributed by atoms with Gasteiger partial charge in [0.25, 0.3) is 0 Å². The van der Waals surface area contributed by atoms with Gasteiger partial charge in [-0.3, -0.25) is 4.98 Å². The number of rotatable bonds is 4. The molecule has 3 heteroatoms. The summed E-state index contributed by atoms with van der Waals surface area (Å²) < 4.78 is 5.44. The Bertz CT molecular complexity index is 897. The summed E-state index contributed by atoms with van der Waals surface area (Å²) in [6, 6.07) is 16.9. The topological polar surface area (TPSA) is 39.2 Å². The summed E-state index contributed by atoms with van der Waals surface area (Å²) >= 11 is 0. The summed E-state index contributed by atoms with van der Waals surface area (Å²) in [6.07, 6.45) is 7.53. The van der Waals surface area contributed by atoms with Crippen molar-refractivity contribution in [3.63, 3.8) is 0 Å². The van der Waals surface area contributed by atoms with Crippen LogP contribution in [0.4, 0.5) is 0 Å². The zero-order valence-corrected chi connectivity index (χ0v) is 14.3. The number of aromatic nitrogens is 1. The highest BCUT2D eigenvalue weighted by Gasteiger charge is 2.09.